The van der Waals surface area contributed by atoms with Crippen LogP contribution in [0.4, 0.5) is 0 Å². The summed E-state index contributed by atoms with van der Waals surface area (Å²) in [5.74, 6) is 1.18. The zero-order chi connectivity index (χ0) is 14.4. The highest BCUT2D eigenvalue weighted by Crippen LogP contribution is 2.25. The molecule has 2 nitrogen and oxygen atoms in total. The van der Waals surface area contributed by atoms with Gasteiger partial charge in [-0.05, 0) is 45.1 Å². The van der Waals surface area contributed by atoms with Crippen molar-refractivity contribution in [3.8, 4) is 0 Å². The monoisotopic (exact) mass is 290 g/mol. The maximum atomic E-state index is 4.86. The highest BCUT2D eigenvalue weighted by atomic mass is 32.2. The van der Waals surface area contributed by atoms with E-state index in [1.54, 1.807) is 0 Å². The number of rotatable bonds is 5. The minimum Gasteiger partial charge on any atom is -0.360 e. The van der Waals surface area contributed by atoms with E-state index in [1.807, 2.05) is 11.8 Å². The minimum atomic E-state index is 0.239. The second-order valence-electron chi connectivity index (χ2n) is 5.95. The number of aryl methyl sites for hydroxylation is 1. The molecular weight excluding hydrogens is 264 g/mol. The lowest BCUT2D eigenvalue weighted by Gasteiger charge is -2.35. The fraction of sp³-hybridized carbons (Fsp3) is 0.588. The third-order valence-electron chi connectivity index (χ3n) is 4.11. The number of thioether (sulfide) groups is 1. The molecule has 0 radical (unpaired) electrons. The van der Waals surface area contributed by atoms with Crippen molar-refractivity contribution in [1.29, 1.82) is 0 Å². The van der Waals surface area contributed by atoms with Gasteiger partial charge in [0.2, 0.25) is 0 Å². The Morgan fingerprint density at radius 2 is 2.10 bits per heavy atom. The first-order chi connectivity index (χ1) is 9.61. The van der Waals surface area contributed by atoms with Gasteiger partial charge in [-0.15, -0.1) is 0 Å². The zero-order valence-electron chi connectivity index (χ0n) is 12.9. The van der Waals surface area contributed by atoms with Gasteiger partial charge in [-0.25, -0.2) is 0 Å². The molecule has 0 saturated carbocycles. The zero-order valence-corrected chi connectivity index (χ0v) is 13.7. The third-order valence-corrected chi connectivity index (χ3v) is 5.00. The van der Waals surface area contributed by atoms with E-state index in [-0.39, 0.29) is 5.54 Å². The molecule has 1 N–H and O–H groups in total. The summed E-state index contributed by atoms with van der Waals surface area (Å²) in [4.78, 5) is 4.86. The van der Waals surface area contributed by atoms with Crippen molar-refractivity contribution in [1.82, 2.24) is 5.32 Å². The SMILES string of the molecule is CCC1(C)CCSC(=NC(C)CCc2ccccc2)N1. The van der Waals surface area contributed by atoms with Crippen LogP contribution in [0.25, 0.3) is 0 Å². The number of hydrogen-bond donors (Lipinski definition) is 1. The number of benzene rings is 1. The Kier molecular flexibility index (Phi) is 5.53. The lowest BCUT2D eigenvalue weighted by atomic mass is 9.96. The van der Waals surface area contributed by atoms with Crippen LogP contribution < -0.4 is 5.32 Å². The lowest BCUT2D eigenvalue weighted by Crippen LogP contribution is -2.48. The van der Waals surface area contributed by atoms with Gasteiger partial charge in [-0.3, -0.25) is 4.99 Å². The van der Waals surface area contributed by atoms with Gasteiger partial charge < -0.3 is 5.32 Å². The van der Waals surface area contributed by atoms with E-state index in [1.165, 1.54) is 17.7 Å². The molecule has 3 heteroatoms. The predicted molar refractivity (Wildman–Crippen MR) is 90.6 cm³/mol. The minimum absolute atomic E-state index is 0.239. The molecule has 0 spiro atoms. The van der Waals surface area contributed by atoms with E-state index in [4.69, 9.17) is 4.99 Å². The van der Waals surface area contributed by atoms with E-state index in [2.05, 4.69) is 56.4 Å². The van der Waals surface area contributed by atoms with Crippen molar-refractivity contribution < 1.29 is 0 Å². The molecule has 0 aliphatic carbocycles. The van der Waals surface area contributed by atoms with Gasteiger partial charge in [-0.1, -0.05) is 49.0 Å². The van der Waals surface area contributed by atoms with Gasteiger partial charge in [-0.2, -0.15) is 0 Å². The van der Waals surface area contributed by atoms with Crippen LogP contribution in [0.2, 0.25) is 0 Å². The van der Waals surface area contributed by atoms with Crippen LogP contribution in [-0.2, 0) is 6.42 Å². The van der Waals surface area contributed by atoms with Crippen molar-refractivity contribution in [2.45, 2.75) is 58.0 Å². The Morgan fingerprint density at radius 3 is 2.80 bits per heavy atom. The van der Waals surface area contributed by atoms with Gasteiger partial charge in [0.15, 0.2) is 5.17 Å². The van der Waals surface area contributed by atoms with Crippen molar-refractivity contribution in [3.05, 3.63) is 35.9 Å². The van der Waals surface area contributed by atoms with Crippen LogP contribution in [-0.4, -0.2) is 22.5 Å². The molecule has 110 valence electrons. The molecule has 1 aliphatic heterocycles. The predicted octanol–water partition coefficient (Wildman–Crippen LogP) is 4.26. The second-order valence-corrected chi connectivity index (χ2v) is 7.03. The molecule has 1 fully saturated rings. The normalized spacial score (nSPS) is 26.2. The fourth-order valence-electron chi connectivity index (χ4n) is 2.35. The Morgan fingerprint density at radius 1 is 1.35 bits per heavy atom. The maximum absolute atomic E-state index is 4.86. The molecule has 1 heterocycles. The largest absolute Gasteiger partial charge is 0.360 e. The summed E-state index contributed by atoms with van der Waals surface area (Å²) in [7, 11) is 0. The standard InChI is InChI=1S/C17H26N2S/c1-4-17(3)12-13-20-16(19-17)18-14(2)10-11-15-8-6-5-7-9-15/h5-9,14H,4,10-13H2,1-3H3,(H,18,19). The third kappa shape index (κ3) is 4.55. The van der Waals surface area contributed by atoms with Crippen molar-refractivity contribution in [2.75, 3.05) is 5.75 Å². The summed E-state index contributed by atoms with van der Waals surface area (Å²) in [6, 6.07) is 11.1. The summed E-state index contributed by atoms with van der Waals surface area (Å²) in [5, 5.41) is 4.76. The molecule has 0 bridgehead atoms. The molecule has 1 aromatic rings. The number of amidine groups is 1. The quantitative estimate of drug-likeness (QED) is 0.876. The summed E-state index contributed by atoms with van der Waals surface area (Å²) in [6.45, 7) is 6.77. The van der Waals surface area contributed by atoms with Crippen LogP contribution in [0, 0.1) is 0 Å². The lowest BCUT2D eigenvalue weighted by molar-refractivity contribution is 0.389. The molecule has 2 rings (SSSR count). The number of nitrogens with one attached hydrogen (secondary N) is 1. The van der Waals surface area contributed by atoms with Crippen LogP contribution in [0.3, 0.4) is 0 Å². The van der Waals surface area contributed by atoms with Crippen molar-refractivity contribution in [3.63, 3.8) is 0 Å². The van der Waals surface area contributed by atoms with Gasteiger partial charge in [0.25, 0.3) is 0 Å². The molecule has 20 heavy (non-hydrogen) atoms. The van der Waals surface area contributed by atoms with E-state index in [9.17, 15) is 0 Å². The van der Waals surface area contributed by atoms with E-state index < -0.39 is 0 Å². The highest BCUT2D eigenvalue weighted by Gasteiger charge is 2.27. The van der Waals surface area contributed by atoms with Gasteiger partial charge in [0.05, 0.1) is 6.04 Å². The Balaban J connectivity index is 1.86. The van der Waals surface area contributed by atoms with E-state index >= 15 is 0 Å². The second kappa shape index (κ2) is 7.16. The fourth-order valence-corrected chi connectivity index (χ4v) is 3.67. The van der Waals surface area contributed by atoms with Crippen molar-refractivity contribution >= 4 is 16.9 Å². The number of hydrogen-bond acceptors (Lipinski definition) is 2. The number of aliphatic imine (C=N–C) groups is 1. The van der Waals surface area contributed by atoms with Crippen molar-refractivity contribution in [2.24, 2.45) is 4.99 Å². The Labute approximate surface area is 127 Å². The topological polar surface area (TPSA) is 24.4 Å². The average molecular weight is 290 g/mol. The average Bonchev–Trinajstić information content (AvgIpc) is 2.46. The Bertz CT molecular complexity index is 444. The molecule has 2 unspecified atom stereocenters. The maximum Gasteiger partial charge on any atom is 0.157 e. The molecule has 1 aromatic carbocycles. The van der Waals surface area contributed by atoms with E-state index in [0.717, 1.165) is 24.4 Å². The van der Waals surface area contributed by atoms with Crippen LogP contribution >= 0.6 is 11.8 Å². The smallest absolute Gasteiger partial charge is 0.157 e. The van der Waals surface area contributed by atoms with E-state index in [0.29, 0.717) is 6.04 Å². The Hall–Kier alpha value is -0.960. The molecule has 1 aliphatic rings. The van der Waals surface area contributed by atoms with Crippen LogP contribution in [0.15, 0.2) is 35.3 Å². The molecule has 0 amide bonds. The summed E-state index contributed by atoms with van der Waals surface area (Å²) in [6.07, 6.45) is 4.60. The van der Waals surface area contributed by atoms with Gasteiger partial charge >= 0.3 is 0 Å². The summed E-state index contributed by atoms with van der Waals surface area (Å²) in [5.41, 5.74) is 1.64. The molecular formula is C17H26N2S. The highest BCUT2D eigenvalue weighted by molar-refractivity contribution is 8.13. The van der Waals surface area contributed by atoms with Crippen LogP contribution in [0.5, 0.6) is 0 Å². The summed E-state index contributed by atoms with van der Waals surface area (Å²) >= 11 is 1.87. The first-order valence-electron chi connectivity index (χ1n) is 7.64. The molecule has 0 aromatic heterocycles. The van der Waals surface area contributed by atoms with Crippen LogP contribution in [0.1, 0.15) is 45.6 Å². The van der Waals surface area contributed by atoms with Gasteiger partial charge in [0.1, 0.15) is 0 Å². The first kappa shape index (κ1) is 15.4. The summed E-state index contributed by atoms with van der Waals surface area (Å²) < 4.78 is 0. The first-order valence-corrected chi connectivity index (χ1v) is 8.62. The molecule has 1 saturated heterocycles. The number of nitrogens with zero attached hydrogens (tertiary/aromatic N) is 1. The van der Waals surface area contributed by atoms with Gasteiger partial charge in [0, 0.05) is 11.3 Å². The molecule has 2 atom stereocenters.